The lowest BCUT2D eigenvalue weighted by molar-refractivity contribution is -0.711. The van der Waals surface area contributed by atoms with Crippen molar-refractivity contribution in [3.8, 4) is 0 Å². The lowest BCUT2D eigenvalue weighted by atomic mass is 9.84. The second-order valence-corrected chi connectivity index (χ2v) is 7.24. The summed E-state index contributed by atoms with van der Waals surface area (Å²) in [5.41, 5.74) is 1.96. The Labute approximate surface area is 167 Å². The Morgan fingerprint density at radius 3 is 2.21 bits per heavy atom. The first-order valence-electron chi connectivity index (χ1n) is 9.47. The number of benzene rings is 2. The Bertz CT molecular complexity index is 1100. The van der Waals surface area contributed by atoms with Crippen LogP contribution in [0.3, 0.4) is 0 Å². The summed E-state index contributed by atoms with van der Waals surface area (Å²) in [6.07, 6.45) is 1.61. The SMILES string of the molecule is C[C@H]([NH2+][C@H](C)c1ccco1)C(=O)Nc1ccc2c(c1)C(=O)c1ccccc1C2=O. The smallest absolute Gasteiger partial charge is 0.282 e. The number of ketones is 2. The third-order valence-electron chi connectivity index (χ3n) is 5.18. The van der Waals surface area contributed by atoms with E-state index < -0.39 is 0 Å². The van der Waals surface area contributed by atoms with Crippen molar-refractivity contribution in [3.63, 3.8) is 0 Å². The molecular formula is C23H21N2O4+. The largest absolute Gasteiger partial charge is 0.463 e. The summed E-state index contributed by atoms with van der Waals surface area (Å²) in [4.78, 5) is 38.1. The van der Waals surface area contributed by atoms with Gasteiger partial charge in [0, 0.05) is 27.9 Å². The molecule has 0 fully saturated rings. The first-order chi connectivity index (χ1) is 14.0. The summed E-state index contributed by atoms with van der Waals surface area (Å²) in [5, 5.41) is 4.74. The molecule has 146 valence electrons. The van der Waals surface area contributed by atoms with Gasteiger partial charge in [0.1, 0.15) is 6.04 Å². The molecule has 0 bridgehead atoms. The average molecular weight is 389 g/mol. The fourth-order valence-electron chi connectivity index (χ4n) is 3.60. The van der Waals surface area contributed by atoms with Crippen molar-refractivity contribution < 1.29 is 24.1 Å². The molecule has 1 aromatic heterocycles. The number of nitrogens with one attached hydrogen (secondary N) is 1. The third kappa shape index (κ3) is 3.50. The van der Waals surface area contributed by atoms with Gasteiger partial charge in [0.15, 0.2) is 23.4 Å². The number of carbonyl (C=O) groups is 3. The number of carbonyl (C=O) groups excluding carboxylic acids is 3. The number of quaternary nitrogens is 1. The lowest BCUT2D eigenvalue weighted by Gasteiger charge is -2.19. The molecule has 29 heavy (non-hydrogen) atoms. The zero-order chi connectivity index (χ0) is 20.5. The third-order valence-corrected chi connectivity index (χ3v) is 5.18. The van der Waals surface area contributed by atoms with E-state index in [9.17, 15) is 14.4 Å². The van der Waals surface area contributed by atoms with E-state index in [0.717, 1.165) is 5.76 Å². The van der Waals surface area contributed by atoms with Crippen LogP contribution in [0.15, 0.2) is 65.3 Å². The number of furan rings is 1. The van der Waals surface area contributed by atoms with Crippen LogP contribution in [0, 0.1) is 0 Å². The molecule has 6 nitrogen and oxygen atoms in total. The molecule has 1 heterocycles. The van der Waals surface area contributed by atoms with Gasteiger partial charge in [-0.15, -0.1) is 0 Å². The van der Waals surface area contributed by atoms with Crippen LogP contribution < -0.4 is 10.6 Å². The van der Waals surface area contributed by atoms with E-state index in [0.29, 0.717) is 27.9 Å². The van der Waals surface area contributed by atoms with Gasteiger partial charge in [-0.25, -0.2) is 0 Å². The molecule has 3 N–H and O–H groups in total. The predicted molar refractivity (Wildman–Crippen MR) is 107 cm³/mol. The highest BCUT2D eigenvalue weighted by Gasteiger charge is 2.30. The first-order valence-corrected chi connectivity index (χ1v) is 9.47. The van der Waals surface area contributed by atoms with Crippen LogP contribution in [0.1, 0.15) is 57.5 Å². The summed E-state index contributed by atoms with van der Waals surface area (Å²) in [7, 11) is 0. The van der Waals surface area contributed by atoms with Crippen LogP contribution in [0.5, 0.6) is 0 Å². The topological polar surface area (TPSA) is 93.0 Å². The van der Waals surface area contributed by atoms with E-state index in [1.165, 1.54) is 0 Å². The van der Waals surface area contributed by atoms with Crippen LogP contribution in [0.4, 0.5) is 5.69 Å². The molecule has 0 saturated carbocycles. The second kappa shape index (κ2) is 7.48. The quantitative estimate of drug-likeness (QED) is 0.549. The van der Waals surface area contributed by atoms with E-state index in [-0.39, 0.29) is 29.6 Å². The Hall–Kier alpha value is -3.51. The molecule has 0 spiro atoms. The molecule has 0 radical (unpaired) electrons. The van der Waals surface area contributed by atoms with Gasteiger partial charge >= 0.3 is 0 Å². The van der Waals surface area contributed by atoms with Gasteiger partial charge in [0.25, 0.3) is 5.91 Å². The van der Waals surface area contributed by atoms with Crippen molar-refractivity contribution in [1.82, 2.24) is 0 Å². The van der Waals surface area contributed by atoms with Crippen molar-refractivity contribution in [3.05, 3.63) is 88.9 Å². The Kier molecular flexibility index (Phi) is 4.86. The van der Waals surface area contributed by atoms with Gasteiger partial charge in [-0.1, -0.05) is 24.3 Å². The molecule has 0 aliphatic heterocycles. The number of hydrogen-bond donors (Lipinski definition) is 2. The molecule has 1 amide bonds. The van der Waals surface area contributed by atoms with E-state index in [1.807, 2.05) is 24.4 Å². The normalized spacial score (nSPS) is 14.7. The van der Waals surface area contributed by atoms with Crippen molar-refractivity contribution in [2.24, 2.45) is 0 Å². The molecule has 3 aromatic rings. The second-order valence-electron chi connectivity index (χ2n) is 7.24. The number of anilines is 1. The fourth-order valence-corrected chi connectivity index (χ4v) is 3.60. The highest BCUT2D eigenvalue weighted by Crippen LogP contribution is 2.29. The van der Waals surface area contributed by atoms with Crippen LogP contribution in [-0.4, -0.2) is 23.5 Å². The number of hydrogen-bond acceptors (Lipinski definition) is 4. The van der Waals surface area contributed by atoms with Gasteiger partial charge in [-0.05, 0) is 44.2 Å². The molecule has 6 heteroatoms. The van der Waals surface area contributed by atoms with Gasteiger partial charge in [0.2, 0.25) is 0 Å². The van der Waals surface area contributed by atoms with E-state index in [1.54, 1.807) is 55.7 Å². The predicted octanol–water partition coefficient (Wildman–Crippen LogP) is 2.71. The minimum atomic E-state index is -0.371. The Morgan fingerprint density at radius 2 is 1.55 bits per heavy atom. The molecule has 1 aliphatic carbocycles. The Morgan fingerprint density at radius 1 is 0.897 bits per heavy atom. The zero-order valence-electron chi connectivity index (χ0n) is 16.1. The number of rotatable bonds is 5. The van der Waals surface area contributed by atoms with E-state index >= 15 is 0 Å². The van der Waals surface area contributed by atoms with Crippen LogP contribution in [0.25, 0.3) is 0 Å². The van der Waals surface area contributed by atoms with Gasteiger partial charge < -0.3 is 15.1 Å². The van der Waals surface area contributed by atoms with E-state index in [4.69, 9.17) is 4.42 Å². The molecule has 2 aromatic carbocycles. The highest BCUT2D eigenvalue weighted by molar-refractivity contribution is 6.28. The van der Waals surface area contributed by atoms with Gasteiger partial charge in [-0.3, -0.25) is 14.4 Å². The molecule has 2 atom stereocenters. The maximum Gasteiger partial charge on any atom is 0.282 e. The lowest BCUT2D eigenvalue weighted by Crippen LogP contribution is -2.91. The van der Waals surface area contributed by atoms with Crippen LogP contribution in [-0.2, 0) is 4.79 Å². The molecular weight excluding hydrogens is 368 g/mol. The standard InChI is InChI=1S/C23H20N2O4/c1-13(20-8-5-11-29-20)24-14(2)23(28)25-15-9-10-18-19(12-15)22(27)17-7-4-3-6-16(17)21(18)26/h3-14,24H,1-2H3,(H,25,28)/p+1/t13-,14+/m1/s1. The molecule has 1 aliphatic rings. The number of fused-ring (bicyclic) bond motifs is 2. The number of amides is 1. The van der Waals surface area contributed by atoms with Crippen LogP contribution >= 0.6 is 0 Å². The van der Waals surface area contributed by atoms with Gasteiger partial charge in [0.05, 0.1) is 6.26 Å². The highest BCUT2D eigenvalue weighted by atomic mass is 16.3. The maximum atomic E-state index is 12.8. The number of nitrogens with two attached hydrogens (primary N) is 1. The fraction of sp³-hybridized carbons (Fsp3) is 0.174. The van der Waals surface area contributed by atoms with Crippen LogP contribution in [0.2, 0.25) is 0 Å². The van der Waals surface area contributed by atoms with E-state index in [2.05, 4.69) is 5.32 Å². The molecule has 0 unspecified atom stereocenters. The Balaban J connectivity index is 1.51. The summed E-state index contributed by atoms with van der Waals surface area (Å²) < 4.78 is 5.37. The van der Waals surface area contributed by atoms with Crippen molar-refractivity contribution in [2.45, 2.75) is 25.9 Å². The molecule has 0 saturated heterocycles. The summed E-state index contributed by atoms with van der Waals surface area (Å²) in [6, 6.07) is 14.9. The zero-order valence-corrected chi connectivity index (χ0v) is 16.1. The van der Waals surface area contributed by atoms with Gasteiger partial charge in [-0.2, -0.15) is 0 Å². The average Bonchev–Trinajstić information content (AvgIpc) is 3.27. The van der Waals surface area contributed by atoms with Crippen molar-refractivity contribution in [1.29, 1.82) is 0 Å². The van der Waals surface area contributed by atoms with Crippen molar-refractivity contribution in [2.75, 3.05) is 5.32 Å². The minimum absolute atomic E-state index is 0.00927. The minimum Gasteiger partial charge on any atom is -0.463 e. The summed E-state index contributed by atoms with van der Waals surface area (Å²) in [5.74, 6) is 0.207. The monoisotopic (exact) mass is 389 g/mol. The summed E-state index contributed by atoms with van der Waals surface area (Å²) >= 11 is 0. The first kappa shape index (κ1) is 18.8. The summed E-state index contributed by atoms with van der Waals surface area (Å²) in [6.45, 7) is 3.77. The van der Waals surface area contributed by atoms with Crippen molar-refractivity contribution >= 4 is 23.2 Å². The maximum absolute atomic E-state index is 12.8. The molecule has 4 rings (SSSR count).